The molecular weight excluding hydrogens is 165 g/mol. The van der Waals surface area contributed by atoms with E-state index in [0.717, 1.165) is 0 Å². The molecule has 13 heavy (non-hydrogen) atoms. The van der Waals surface area contributed by atoms with Crippen LogP contribution in [0.15, 0.2) is 47.6 Å². The Morgan fingerprint density at radius 2 is 2.23 bits per heavy atom. The summed E-state index contributed by atoms with van der Waals surface area (Å²) in [6.45, 7) is 10.3. The number of hydrogen-bond acceptors (Lipinski definition) is 1. The Balaban J connectivity index is 5.05. The van der Waals surface area contributed by atoms with Gasteiger partial charge < -0.3 is 0 Å². The van der Waals surface area contributed by atoms with E-state index in [4.69, 9.17) is 0 Å². The van der Waals surface area contributed by atoms with E-state index in [-0.39, 0.29) is 5.83 Å². The fourth-order valence-electron chi connectivity index (χ4n) is 0.870. The van der Waals surface area contributed by atoms with Gasteiger partial charge in [0.25, 0.3) is 0 Å². The summed E-state index contributed by atoms with van der Waals surface area (Å²) in [5, 5.41) is 0. The predicted octanol–water partition coefficient (Wildman–Crippen LogP) is 3.57. The van der Waals surface area contributed by atoms with Gasteiger partial charge in [0.05, 0.1) is 5.71 Å². The molecule has 0 radical (unpaired) electrons. The highest BCUT2D eigenvalue weighted by Gasteiger charge is 2.04. The Morgan fingerprint density at radius 3 is 2.62 bits per heavy atom. The van der Waals surface area contributed by atoms with E-state index in [9.17, 15) is 4.39 Å². The van der Waals surface area contributed by atoms with Crippen molar-refractivity contribution in [3.05, 3.63) is 42.6 Å². The van der Waals surface area contributed by atoms with Gasteiger partial charge in [0.1, 0.15) is 5.83 Å². The Labute approximate surface area is 78.7 Å². The van der Waals surface area contributed by atoms with Crippen LogP contribution in [0.1, 0.15) is 20.3 Å². The van der Waals surface area contributed by atoms with Gasteiger partial charge in [0.2, 0.25) is 0 Å². The lowest BCUT2D eigenvalue weighted by Crippen LogP contribution is -1.94. The largest absolute Gasteiger partial charge is 0.259 e. The van der Waals surface area contributed by atoms with E-state index in [0.29, 0.717) is 17.7 Å². The molecule has 0 aromatic rings. The molecule has 0 saturated carbocycles. The second kappa shape index (κ2) is 6.15. The van der Waals surface area contributed by atoms with Crippen LogP contribution < -0.4 is 0 Å². The average molecular weight is 179 g/mol. The maximum absolute atomic E-state index is 13.4. The first-order valence-electron chi connectivity index (χ1n) is 4.07. The first-order chi connectivity index (χ1) is 6.17. The minimum absolute atomic E-state index is 0.321. The van der Waals surface area contributed by atoms with Crippen LogP contribution >= 0.6 is 0 Å². The molecule has 0 N–H and O–H groups in total. The Morgan fingerprint density at radius 1 is 1.62 bits per heavy atom. The summed E-state index contributed by atoms with van der Waals surface area (Å²) in [6.07, 6.45) is 3.44. The van der Waals surface area contributed by atoms with Crippen LogP contribution in [0.3, 0.4) is 0 Å². The summed E-state index contributed by atoms with van der Waals surface area (Å²) in [5.41, 5.74) is 3.43. The van der Waals surface area contributed by atoms with Crippen molar-refractivity contribution in [1.82, 2.24) is 0 Å². The Kier molecular flexibility index (Phi) is 5.49. The first kappa shape index (κ1) is 11.6. The van der Waals surface area contributed by atoms with Crippen molar-refractivity contribution in [2.75, 3.05) is 0 Å². The Hall–Kier alpha value is -1.40. The summed E-state index contributed by atoms with van der Waals surface area (Å²) in [6, 6.07) is 0. The number of rotatable bonds is 4. The molecule has 0 atom stereocenters. The summed E-state index contributed by atoms with van der Waals surface area (Å²) < 4.78 is 13.4. The number of hydrogen-bond donors (Lipinski definition) is 0. The molecular formula is C11H14FN. The third kappa shape index (κ3) is 3.68. The predicted molar refractivity (Wildman–Crippen MR) is 55.4 cm³/mol. The Bertz CT molecular complexity index is 291. The highest BCUT2D eigenvalue weighted by molar-refractivity contribution is 5.97. The lowest BCUT2D eigenvalue weighted by Gasteiger charge is -2.00. The van der Waals surface area contributed by atoms with Gasteiger partial charge >= 0.3 is 0 Å². The molecule has 0 saturated heterocycles. The van der Waals surface area contributed by atoms with E-state index in [2.05, 4.69) is 23.9 Å². The quantitative estimate of drug-likeness (QED) is 0.355. The number of aliphatic imine (C=N–C) groups is 1. The van der Waals surface area contributed by atoms with E-state index in [1.54, 1.807) is 6.92 Å². The third-order valence-corrected chi connectivity index (χ3v) is 1.54. The van der Waals surface area contributed by atoms with Crippen LogP contribution in [0, 0.1) is 0 Å². The molecule has 0 bridgehead atoms. The number of allylic oxidation sites excluding steroid dienone is 3. The van der Waals surface area contributed by atoms with Gasteiger partial charge in [-0.15, -0.1) is 5.73 Å². The molecule has 0 aliphatic heterocycles. The van der Waals surface area contributed by atoms with Gasteiger partial charge in [-0.1, -0.05) is 20.1 Å². The third-order valence-electron chi connectivity index (χ3n) is 1.54. The zero-order valence-corrected chi connectivity index (χ0v) is 8.10. The van der Waals surface area contributed by atoms with E-state index < -0.39 is 0 Å². The topological polar surface area (TPSA) is 12.4 Å². The van der Waals surface area contributed by atoms with Gasteiger partial charge in [-0.25, -0.2) is 4.39 Å². The number of halogens is 1. The lowest BCUT2D eigenvalue weighted by atomic mass is 10.1. The smallest absolute Gasteiger partial charge is 0.148 e. The second-order valence-electron chi connectivity index (χ2n) is 2.44. The minimum atomic E-state index is -0.321. The second-order valence-corrected chi connectivity index (χ2v) is 2.44. The van der Waals surface area contributed by atoms with Crippen LogP contribution in [0.2, 0.25) is 0 Å². The molecule has 0 spiro atoms. The average Bonchev–Trinajstić information content (AvgIpc) is 2.13. The van der Waals surface area contributed by atoms with E-state index in [1.807, 2.05) is 6.92 Å². The van der Waals surface area contributed by atoms with E-state index >= 15 is 0 Å². The first-order valence-corrected chi connectivity index (χ1v) is 4.07. The van der Waals surface area contributed by atoms with Gasteiger partial charge in [-0.05, 0) is 25.0 Å². The molecule has 0 aliphatic rings. The molecule has 0 aromatic heterocycles. The molecule has 0 amide bonds. The molecule has 0 unspecified atom stereocenters. The van der Waals surface area contributed by atoms with Crippen LogP contribution in [-0.4, -0.2) is 5.71 Å². The fraction of sp³-hybridized carbons (Fsp3) is 0.273. The van der Waals surface area contributed by atoms with Gasteiger partial charge in [0, 0.05) is 6.20 Å². The summed E-state index contributed by atoms with van der Waals surface area (Å²) >= 11 is 0. The number of nitrogens with zero attached hydrogens (tertiary/aromatic N) is 1. The highest BCUT2D eigenvalue weighted by Crippen LogP contribution is 2.13. The fourth-order valence-corrected chi connectivity index (χ4v) is 0.870. The van der Waals surface area contributed by atoms with Crippen molar-refractivity contribution in [3.63, 3.8) is 0 Å². The van der Waals surface area contributed by atoms with Crippen LogP contribution in [0.4, 0.5) is 4.39 Å². The molecule has 2 heteroatoms. The zero-order chi connectivity index (χ0) is 10.3. The van der Waals surface area contributed by atoms with Gasteiger partial charge in [-0.2, -0.15) is 0 Å². The summed E-state index contributed by atoms with van der Waals surface area (Å²) in [4.78, 5) is 3.76. The van der Waals surface area contributed by atoms with Crippen molar-refractivity contribution in [1.29, 1.82) is 0 Å². The molecule has 0 aromatic carbocycles. The molecule has 0 fully saturated rings. The monoisotopic (exact) mass is 179 g/mol. The van der Waals surface area contributed by atoms with Crippen molar-refractivity contribution < 1.29 is 4.39 Å². The van der Waals surface area contributed by atoms with Crippen molar-refractivity contribution in [2.24, 2.45) is 4.99 Å². The molecule has 70 valence electrons. The van der Waals surface area contributed by atoms with Crippen LogP contribution in [0.25, 0.3) is 0 Å². The molecule has 0 heterocycles. The molecule has 1 nitrogen and oxygen atoms in total. The normalized spacial score (nSPS) is 13.0. The lowest BCUT2D eigenvalue weighted by molar-refractivity contribution is 0.666. The van der Waals surface area contributed by atoms with Crippen LogP contribution in [0.5, 0.6) is 0 Å². The van der Waals surface area contributed by atoms with Crippen molar-refractivity contribution in [3.8, 4) is 0 Å². The van der Waals surface area contributed by atoms with Crippen molar-refractivity contribution >= 4 is 5.71 Å². The van der Waals surface area contributed by atoms with E-state index in [1.165, 1.54) is 12.3 Å². The molecule has 0 rings (SSSR count). The van der Waals surface area contributed by atoms with Crippen molar-refractivity contribution in [2.45, 2.75) is 20.3 Å². The van der Waals surface area contributed by atoms with Gasteiger partial charge in [0.15, 0.2) is 0 Å². The maximum Gasteiger partial charge on any atom is 0.148 e. The molecule has 0 aliphatic carbocycles. The SMILES string of the molecule is C=C=C/C(CC)=C(\F)C(C)=NC=C. The van der Waals surface area contributed by atoms with Gasteiger partial charge in [-0.3, -0.25) is 4.99 Å². The van der Waals surface area contributed by atoms with Crippen LogP contribution in [-0.2, 0) is 0 Å². The summed E-state index contributed by atoms with van der Waals surface area (Å²) in [5.74, 6) is -0.321. The standard InChI is InChI=1S/C11H14FN/c1-5-8-10(6-2)11(12)9(4)13-7-3/h7-8H,1,3,6H2,2,4H3/b11-10-,13-9?. The highest BCUT2D eigenvalue weighted by atomic mass is 19.1. The minimum Gasteiger partial charge on any atom is -0.259 e. The summed E-state index contributed by atoms with van der Waals surface area (Å²) in [7, 11) is 0. The maximum atomic E-state index is 13.4. The zero-order valence-electron chi connectivity index (χ0n) is 8.10.